The van der Waals surface area contributed by atoms with Crippen LogP contribution in [-0.4, -0.2) is 18.0 Å². The van der Waals surface area contributed by atoms with E-state index in [4.69, 9.17) is 0 Å². The summed E-state index contributed by atoms with van der Waals surface area (Å²) in [5, 5.41) is 0. The lowest BCUT2D eigenvalue weighted by molar-refractivity contribution is 0.318. The van der Waals surface area contributed by atoms with Crippen molar-refractivity contribution in [2.45, 2.75) is 46.0 Å². The molecule has 1 atom stereocenters. The highest BCUT2D eigenvalue weighted by Crippen LogP contribution is 2.37. The summed E-state index contributed by atoms with van der Waals surface area (Å²) in [5.41, 5.74) is 1.38. The van der Waals surface area contributed by atoms with Gasteiger partial charge in [0, 0.05) is 18.8 Å². The van der Waals surface area contributed by atoms with E-state index in [9.17, 15) is 0 Å². The Bertz CT molecular complexity index is 347. The molecule has 0 saturated heterocycles. The lowest BCUT2D eigenvalue weighted by atomic mass is 9.94. The molecule has 2 rings (SSSR count). The summed E-state index contributed by atoms with van der Waals surface area (Å²) in [6.07, 6.45) is 15.9. The van der Waals surface area contributed by atoms with Crippen molar-refractivity contribution in [2.75, 3.05) is 13.1 Å². The zero-order valence-corrected chi connectivity index (χ0v) is 12.6. The average molecular weight is 259 g/mol. The van der Waals surface area contributed by atoms with Crippen LogP contribution in [-0.2, 0) is 0 Å². The maximum Gasteiger partial charge on any atom is 0.0356 e. The van der Waals surface area contributed by atoms with Crippen LogP contribution in [0.4, 0.5) is 0 Å². The second-order valence-corrected chi connectivity index (χ2v) is 6.54. The van der Waals surface area contributed by atoms with Crippen LogP contribution in [0.25, 0.3) is 0 Å². The summed E-state index contributed by atoms with van der Waals surface area (Å²) < 4.78 is 0. The molecule has 1 nitrogen and oxygen atoms in total. The zero-order valence-electron chi connectivity index (χ0n) is 12.6. The number of hydrogen-bond donors (Lipinski definition) is 0. The highest BCUT2D eigenvalue weighted by atomic mass is 15.1. The van der Waals surface area contributed by atoms with Crippen LogP contribution >= 0.6 is 0 Å². The van der Waals surface area contributed by atoms with Gasteiger partial charge in [0.2, 0.25) is 0 Å². The van der Waals surface area contributed by atoms with Crippen molar-refractivity contribution in [2.24, 2.45) is 17.8 Å². The first kappa shape index (κ1) is 14.4. The van der Waals surface area contributed by atoms with Crippen LogP contribution in [0.5, 0.6) is 0 Å². The molecule has 0 aromatic heterocycles. The van der Waals surface area contributed by atoms with Gasteiger partial charge in [-0.15, -0.1) is 0 Å². The number of rotatable bonds is 7. The summed E-state index contributed by atoms with van der Waals surface area (Å²) in [6.45, 7) is 11.1. The molecule has 0 N–H and O–H groups in total. The molecule has 2 aliphatic rings. The second kappa shape index (κ2) is 6.98. The van der Waals surface area contributed by atoms with Gasteiger partial charge in [0.1, 0.15) is 0 Å². The monoisotopic (exact) mass is 259 g/mol. The summed E-state index contributed by atoms with van der Waals surface area (Å²) in [4.78, 5) is 2.50. The molecular formula is C18H29N. The summed E-state index contributed by atoms with van der Waals surface area (Å²) in [6, 6.07) is 0. The van der Waals surface area contributed by atoms with Gasteiger partial charge in [-0.05, 0) is 49.9 Å². The molecule has 0 heterocycles. The van der Waals surface area contributed by atoms with Crippen molar-refractivity contribution in [3.63, 3.8) is 0 Å². The normalized spacial score (nSPS) is 23.2. The molecule has 1 heteroatoms. The molecule has 1 unspecified atom stereocenters. The standard InChI is InChI=1S/C18H29N/c1-15(2)14-19(16(3)18-11-12-18)13-7-10-17-8-5-4-6-9-17/h4-5,7,10,15,17-18H,3,6,8-9,11-14H2,1-2H3/b10-7-. The van der Waals surface area contributed by atoms with Crippen molar-refractivity contribution in [3.05, 3.63) is 36.6 Å². The van der Waals surface area contributed by atoms with Crippen LogP contribution < -0.4 is 0 Å². The van der Waals surface area contributed by atoms with E-state index in [1.807, 2.05) is 0 Å². The van der Waals surface area contributed by atoms with Gasteiger partial charge in [0.05, 0.1) is 0 Å². The Morgan fingerprint density at radius 1 is 1.32 bits per heavy atom. The van der Waals surface area contributed by atoms with Gasteiger partial charge >= 0.3 is 0 Å². The molecule has 0 amide bonds. The number of hydrogen-bond acceptors (Lipinski definition) is 1. The minimum Gasteiger partial charge on any atom is -0.371 e. The first-order valence-corrected chi connectivity index (χ1v) is 7.92. The minimum atomic E-state index is 0.710. The predicted molar refractivity (Wildman–Crippen MR) is 83.9 cm³/mol. The van der Waals surface area contributed by atoms with Crippen molar-refractivity contribution in [3.8, 4) is 0 Å². The molecule has 1 fully saturated rings. The molecule has 19 heavy (non-hydrogen) atoms. The molecule has 0 bridgehead atoms. The minimum absolute atomic E-state index is 0.710. The van der Waals surface area contributed by atoms with Crippen molar-refractivity contribution >= 4 is 0 Å². The van der Waals surface area contributed by atoms with E-state index in [2.05, 4.69) is 49.6 Å². The van der Waals surface area contributed by atoms with Crippen LogP contribution in [0.3, 0.4) is 0 Å². The van der Waals surface area contributed by atoms with E-state index in [1.54, 1.807) is 0 Å². The van der Waals surface area contributed by atoms with Gasteiger partial charge in [-0.1, -0.05) is 44.7 Å². The molecule has 1 saturated carbocycles. The van der Waals surface area contributed by atoms with E-state index >= 15 is 0 Å². The maximum absolute atomic E-state index is 4.32. The molecule has 0 aromatic carbocycles. The van der Waals surface area contributed by atoms with Gasteiger partial charge in [-0.2, -0.15) is 0 Å². The fourth-order valence-corrected chi connectivity index (χ4v) is 2.80. The maximum atomic E-state index is 4.32. The van der Waals surface area contributed by atoms with Crippen LogP contribution in [0.1, 0.15) is 46.0 Å². The second-order valence-electron chi connectivity index (χ2n) is 6.54. The van der Waals surface area contributed by atoms with E-state index < -0.39 is 0 Å². The first-order valence-electron chi connectivity index (χ1n) is 7.92. The molecule has 0 aliphatic heterocycles. The zero-order chi connectivity index (χ0) is 13.7. The predicted octanol–water partition coefficient (Wildman–Crippen LogP) is 4.78. The molecule has 0 spiro atoms. The lowest BCUT2D eigenvalue weighted by Gasteiger charge is -2.27. The SMILES string of the molecule is C=C(C1CC1)N(C/C=C\C1CC=CCC1)CC(C)C. The largest absolute Gasteiger partial charge is 0.371 e. The Hall–Kier alpha value is -0.980. The van der Waals surface area contributed by atoms with Crippen molar-refractivity contribution in [1.29, 1.82) is 0 Å². The summed E-state index contributed by atoms with van der Waals surface area (Å²) in [5.74, 6) is 2.26. The third-order valence-corrected chi connectivity index (χ3v) is 4.08. The van der Waals surface area contributed by atoms with Crippen LogP contribution in [0, 0.1) is 17.8 Å². The molecule has 2 aliphatic carbocycles. The van der Waals surface area contributed by atoms with E-state index in [1.165, 1.54) is 37.8 Å². The van der Waals surface area contributed by atoms with Crippen molar-refractivity contribution in [1.82, 2.24) is 4.90 Å². The molecular weight excluding hydrogens is 230 g/mol. The third kappa shape index (κ3) is 4.89. The topological polar surface area (TPSA) is 3.24 Å². The molecule has 0 radical (unpaired) electrons. The van der Waals surface area contributed by atoms with Gasteiger partial charge in [-0.3, -0.25) is 0 Å². The van der Waals surface area contributed by atoms with Crippen LogP contribution in [0.15, 0.2) is 36.6 Å². The molecule has 0 aromatic rings. The van der Waals surface area contributed by atoms with Crippen LogP contribution in [0.2, 0.25) is 0 Å². The van der Waals surface area contributed by atoms with Gasteiger partial charge in [0.15, 0.2) is 0 Å². The summed E-state index contributed by atoms with van der Waals surface area (Å²) in [7, 11) is 0. The lowest BCUT2D eigenvalue weighted by Crippen LogP contribution is -2.28. The smallest absolute Gasteiger partial charge is 0.0356 e. The summed E-state index contributed by atoms with van der Waals surface area (Å²) >= 11 is 0. The number of nitrogens with zero attached hydrogens (tertiary/aromatic N) is 1. The van der Waals surface area contributed by atoms with Gasteiger partial charge in [0.25, 0.3) is 0 Å². The average Bonchev–Trinajstić information content (AvgIpc) is 3.22. The fraction of sp³-hybridized carbons (Fsp3) is 0.667. The first-order chi connectivity index (χ1) is 9.16. The van der Waals surface area contributed by atoms with E-state index in [0.717, 1.165) is 24.9 Å². The molecule has 106 valence electrons. The van der Waals surface area contributed by atoms with Gasteiger partial charge in [-0.25, -0.2) is 0 Å². The van der Waals surface area contributed by atoms with E-state index in [-0.39, 0.29) is 0 Å². The quantitative estimate of drug-likeness (QED) is 0.595. The van der Waals surface area contributed by atoms with E-state index in [0.29, 0.717) is 5.92 Å². The fourth-order valence-electron chi connectivity index (χ4n) is 2.80. The highest BCUT2D eigenvalue weighted by molar-refractivity contribution is 5.09. The Morgan fingerprint density at radius 2 is 2.11 bits per heavy atom. The Balaban J connectivity index is 1.82. The Kier molecular flexibility index (Phi) is 5.30. The Labute approximate surface area is 119 Å². The Morgan fingerprint density at radius 3 is 2.68 bits per heavy atom. The highest BCUT2D eigenvalue weighted by Gasteiger charge is 2.27. The van der Waals surface area contributed by atoms with Crippen molar-refractivity contribution < 1.29 is 0 Å². The number of allylic oxidation sites excluding steroid dienone is 4. The van der Waals surface area contributed by atoms with Gasteiger partial charge < -0.3 is 4.90 Å². The third-order valence-electron chi connectivity index (χ3n) is 4.08.